The summed E-state index contributed by atoms with van der Waals surface area (Å²) in [5.74, 6) is 0.926. The number of methoxy groups -OCH3 is 2. The van der Waals surface area contributed by atoms with Crippen LogP contribution in [-0.2, 0) is 9.47 Å². The van der Waals surface area contributed by atoms with Crippen LogP contribution in [0.3, 0.4) is 0 Å². The zero-order chi connectivity index (χ0) is 20.5. The Kier molecular flexibility index (Phi) is 3.86. The van der Waals surface area contributed by atoms with Crippen molar-refractivity contribution in [1.82, 2.24) is 4.90 Å². The predicted octanol–water partition coefficient (Wildman–Crippen LogP) is 0.876. The molecular formula is C23H37NO5. The van der Waals surface area contributed by atoms with Crippen LogP contribution in [0, 0.1) is 40.4 Å². The molecule has 29 heavy (non-hydrogen) atoms. The normalized spacial score (nSPS) is 65.1. The second kappa shape index (κ2) is 5.76. The van der Waals surface area contributed by atoms with Crippen molar-refractivity contribution in [3.63, 3.8) is 0 Å². The lowest BCUT2D eigenvalue weighted by molar-refractivity contribution is -0.287. The van der Waals surface area contributed by atoms with E-state index in [9.17, 15) is 15.3 Å². The molecule has 164 valence electrons. The van der Waals surface area contributed by atoms with Crippen molar-refractivity contribution < 1.29 is 24.8 Å². The van der Waals surface area contributed by atoms with Crippen molar-refractivity contribution >= 4 is 0 Å². The number of nitrogens with zero attached hydrogens (tertiary/aromatic N) is 1. The van der Waals surface area contributed by atoms with Crippen molar-refractivity contribution in [2.45, 2.75) is 75.6 Å². The van der Waals surface area contributed by atoms with E-state index in [0.29, 0.717) is 6.42 Å². The number of aliphatic hydroxyl groups excluding tert-OH is 3. The fraction of sp³-hybridized carbons (Fsp3) is 1.00. The first kappa shape index (κ1) is 19.4. The van der Waals surface area contributed by atoms with Crippen LogP contribution < -0.4 is 0 Å². The summed E-state index contributed by atoms with van der Waals surface area (Å²) < 4.78 is 12.4. The second-order valence-corrected chi connectivity index (χ2v) is 11.3. The van der Waals surface area contributed by atoms with Gasteiger partial charge >= 0.3 is 0 Å². The van der Waals surface area contributed by atoms with Gasteiger partial charge in [0.05, 0.1) is 30.0 Å². The third-order valence-corrected chi connectivity index (χ3v) is 11.2. The van der Waals surface area contributed by atoms with Crippen LogP contribution in [0.1, 0.15) is 39.5 Å². The minimum atomic E-state index is -0.521. The molecule has 1 saturated heterocycles. The summed E-state index contributed by atoms with van der Waals surface area (Å²) in [7, 11) is 3.59. The first-order chi connectivity index (χ1) is 13.8. The van der Waals surface area contributed by atoms with Gasteiger partial charge in [-0.15, -0.1) is 0 Å². The summed E-state index contributed by atoms with van der Waals surface area (Å²) in [6, 6.07) is 0.260. The molecule has 5 saturated carbocycles. The third kappa shape index (κ3) is 1.81. The number of hydrogen-bond donors (Lipinski definition) is 3. The van der Waals surface area contributed by atoms with Crippen molar-refractivity contribution in [2.75, 3.05) is 27.3 Å². The smallest absolute Gasteiger partial charge is 0.0802 e. The summed E-state index contributed by atoms with van der Waals surface area (Å²) >= 11 is 0. The highest BCUT2D eigenvalue weighted by Gasteiger charge is 2.84. The van der Waals surface area contributed by atoms with Crippen molar-refractivity contribution in [2.24, 2.45) is 40.4 Å². The average molecular weight is 408 g/mol. The van der Waals surface area contributed by atoms with Crippen LogP contribution >= 0.6 is 0 Å². The Balaban J connectivity index is 1.61. The molecule has 6 aliphatic rings. The van der Waals surface area contributed by atoms with Gasteiger partial charge in [0.25, 0.3) is 0 Å². The molecule has 0 aromatic heterocycles. The topological polar surface area (TPSA) is 82.4 Å². The highest BCUT2D eigenvalue weighted by atomic mass is 16.5. The molecule has 1 heterocycles. The molecule has 6 nitrogen and oxygen atoms in total. The van der Waals surface area contributed by atoms with Crippen molar-refractivity contribution in [1.29, 1.82) is 0 Å². The Bertz CT molecular complexity index is 719. The Morgan fingerprint density at radius 2 is 1.79 bits per heavy atom. The largest absolute Gasteiger partial charge is 0.392 e. The molecule has 0 aromatic carbocycles. The Labute approximate surface area is 173 Å². The van der Waals surface area contributed by atoms with Crippen LogP contribution in [0.2, 0.25) is 0 Å². The van der Waals surface area contributed by atoms with E-state index in [1.54, 1.807) is 7.11 Å². The van der Waals surface area contributed by atoms with Gasteiger partial charge < -0.3 is 24.8 Å². The zero-order valence-corrected chi connectivity index (χ0v) is 18.1. The number of hydrogen-bond acceptors (Lipinski definition) is 6. The van der Waals surface area contributed by atoms with E-state index >= 15 is 0 Å². The lowest BCUT2D eigenvalue weighted by Gasteiger charge is -2.69. The van der Waals surface area contributed by atoms with Gasteiger partial charge in [-0.1, -0.05) is 13.8 Å². The van der Waals surface area contributed by atoms with Crippen LogP contribution in [0.15, 0.2) is 0 Å². The van der Waals surface area contributed by atoms with Crippen LogP contribution in [0.25, 0.3) is 0 Å². The molecule has 0 aromatic rings. The third-order valence-electron chi connectivity index (χ3n) is 11.2. The van der Waals surface area contributed by atoms with E-state index < -0.39 is 23.9 Å². The minimum absolute atomic E-state index is 0.00888. The lowest BCUT2D eigenvalue weighted by atomic mass is 9.43. The fourth-order valence-corrected chi connectivity index (χ4v) is 10.4. The van der Waals surface area contributed by atoms with Gasteiger partial charge in [0.1, 0.15) is 0 Å². The van der Waals surface area contributed by atoms with Gasteiger partial charge in [-0.3, -0.25) is 4.90 Å². The first-order valence-corrected chi connectivity index (χ1v) is 11.7. The Hall–Kier alpha value is -0.240. The van der Waals surface area contributed by atoms with Gasteiger partial charge in [0.15, 0.2) is 0 Å². The Morgan fingerprint density at radius 3 is 2.45 bits per heavy atom. The molecule has 3 N–H and O–H groups in total. The van der Waals surface area contributed by atoms with Crippen LogP contribution in [0.5, 0.6) is 0 Å². The molecular weight excluding hydrogens is 370 g/mol. The molecule has 0 unspecified atom stereocenters. The summed E-state index contributed by atoms with van der Waals surface area (Å²) in [6.07, 6.45) is 1.75. The fourth-order valence-electron chi connectivity index (χ4n) is 10.4. The molecule has 1 aliphatic heterocycles. The van der Waals surface area contributed by atoms with Gasteiger partial charge in [-0.25, -0.2) is 0 Å². The number of ether oxygens (including phenoxy) is 2. The predicted molar refractivity (Wildman–Crippen MR) is 106 cm³/mol. The Morgan fingerprint density at radius 1 is 1.03 bits per heavy atom. The highest BCUT2D eigenvalue weighted by Crippen LogP contribution is 2.79. The SMILES string of the molecule is CCN1C[C@]2(C)[C@H](O)C[C@H](O)[C@@]34[C@@H]5C[C@H]6[C@H](O)[C@@H]5[C@](OC)(C[C@@H]6OC)[C@@H](C[C@H]23)[C@@H]14. The molecule has 7 bridgehead atoms. The van der Waals surface area contributed by atoms with E-state index in [1.165, 1.54) is 0 Å². The lowest BCUT2D eigenvalue weighted by Crippen LogP contribution is -2.77. The average Bonchev–Trinajstić information content (AvgIpc) is 3.12. The molecule has 6 fully saturated rings. The number of likely N-dealkylation sites (tertiary alicyclic amines) is 1. The van der Waals surface area contributed by atoms with Gasteiger partial charge in [-0.05, 0) is 31.2 Å². The summed E-state index contributed by atoms with van der Waals surface area (Å²) in [4.78, 5) is 2.55. The van der Waals surface area contributed by atoms with Gasteiger partial charge in [0, 0.05) is 68.2 Å². The summed E-state index contributed by atoms with van der Waals surface area (Å²) in [6.45, 7) is 6.27. The monoisotopic (exact) mass is 407 g/mol. The number of aliphatic hydroxyl groups is 3. The number of piperidine rings is 1. The van der Waals surface area contributed by atoms with E-state index in [1.807, 2.05) is 7.11 Å². The summed E-state index contributed by atoms with van der Waals surface area (Å²) in [5, 5.41) is 34.3. The molecule has 5 aliphatic carbocycles. The van der Waals surface area contributed by atoms with Crippen molar-refractivity contribution in [3.05, 3.63) is 0 Å². The van der Waals surface area contributed by atoms with E-state index in [2.05, 4.69) is 18.7 Å². The second-order valence-electron chi connectivity index (χ2n) is 11.3. The molecule has 6 heteroatoms. The molecule has 0 amide bonds. The zero-order valence-electron chi connectivity index (χ0n) is 18.1. The van der Waals surface area contributed by atoms with Gasteiger partial charge in [0.2, 0.25) is 0 Å². The quantitative estimate of drug-likeness (QED) is 0.644. The van der Waals surface area contributed by atoms with Crippen LogP contribution in [-0.4, -0.2) is 83.6 Å². The molecule has 13 atom stereocenters. The maximum atomic E-state index is 11.7. The summed E-state index contributed by atoms with van der Waals surface area (Å²) in [5.41, 5.74) is -0.871. The van der Waals surface area contributed by atoms with E-state index in [0.717, 1.165) is 32.4 Å². The van der Waals surface area contributed by atoms with E-state index in [4.69, 9.17) is 9.47 Å². The van der Waals surface area contributed by atoms with Crippen molar-refractivity contribution in [3.8, 4) is 0 Å². The maximum absolute atomic E-state index is 11.7. The first-order valence-electron chi connectivity index (χ1n) is 11.7. The van der Waals surface area contributed by atoms with Crippen LogP contribution in [0.4, 0.5) is 0 Å². The molecule has 0 radical (unpaired) electrons. The number of fused-ring (bicyclic) bond motifs is 2. The van der Waals surface area contributed by atoms with E-state index in [-0.39, 0.29) is 52.6 Å². The number of rotatable bonds is 3. The standard InChI is InChI=1S/C23H37NO5/c1-5-24-10-21(2)15-7-13-20(24)23(15,17(26)8-16(21)25)12-6-11-14(28-3)9-22(13,29-4)18(12)19(11)27/h11-20,25-27H,5-10H2,1-4H3/t11-,12-,13+,14+,15-,16-,17+,18-,19+,20-,21+,22+,23-/m1/s1. The molecule has 6 rings (SSSR count). The molecule has 1 spiro atoms. The highest BCUT2D eigenvalue weighted by molar-refractivity contribution is 5.33. The minimum Gasteiger partial charge on any atom is -0.392 e. The maximum Gasteiger partial charge on any atom is 0.0802 e. The van der Waals surface area contributed by atoms with Gasteiger partial charge in [-0.2, -0.15) is 0 Å².